The number of nitrogens with zero attached hydrogens (tertiary/aromatic N) is 1. The van der Waals surface area contributed by atoms with Crippen LogP contribution in [0.5, 0.6) is 5.75 Å². The van der Waals surface area contributed by atoms with E-state index in [1.54, 1.807) is 7.05 Å². The fourth-order valence-corrected chi connectivity index (χ4v) is 2.80. The molecule has 0 saturated heterocycles. The number of guanidine groups is 1. The van der Waals surface area contributed by atoms with Crippen molar-refractivity contribution in [3.05, 3.63) is 27.7 Å². The van der Waals surface area contributed by atoms with Gasteiger partial charge in [0, 0.05) is 43.2 Å². The lowest BCUT2D eigenvalue weighted by Crippen LogP contribution is -2.41. The molecule has 1 aliphatic rings. The molecule has 3 N–H and O–H groups in total. The normalized spacial score (nSPS) is 13.8. The Hall–Kier alpha value is -1.07. The van der Waals surface area contributed by atoms with Gasteiger partial charge >= 0.3 is 6.61 Å². The fourth-order valence-electron chi connectivity index (χ4n) is 2.22. The molecule has 0 atom stereocenters. The summed E-state index contributed by atoms with van der Waals surface area (Å²) in [5.41, 5.74) is 0.368. The number of benzene rings is 1. The van der Waals surface area contributed by atoms with E-state index in [9.17, 15) is 13.6 Å². The van der Waals surface area contributed by atoms with E-state index in [1.165, 1.54) is 12.1 Å². The zero-order valence-electron chi connectivity index (χ0n) is 14.5. The van der Waals surface area contributed by atoms with Crippen molar-refractivity contribution in [2.24, 2.45) is 10.9 Å². The molecule has 1 amide bonds. The van der Waals surface area contributed by atoms with Crippen LogP contribution in [0.15, 0.2) is 17.1 Å². The van der Waals surface area contributed by atoms with Crippen LogP contribution in [0.4, 0.5) is 8.78 Å². The summed E-state index contributed by atoms with van der Waals surface area (Å²) in [5.74, 6) is 0.529. The van der Waals surface area contributed by atoms with Crippen LogP contribution in [-0.4, -0.2) is 38.6 Å². The predicted molar refractivity (Wildman–Crippen MR) is 112 cm³/mol. The largest absolute Gasteiger partial charge is 0.433 e. The minimum absolute atomic E-state index is 0. The van der Waals surface area contributed by atoms with Crippen LogP contribution >= 0.6 is 47.2 Å². The number of hydrogen-bond donors (Lipinski definition) is 3. The summed E-state index contributed by atoms with van der Waals surface area (Å²) in [6.45, 7) is -1.95. The third-order valence-corrected chi connectivity index (χ3v) is 4.13. The van der Waals surface area contributed by atoms with Crippen molar-refractivity contribution in [1.29, 1.82) is 0 Å². The van der Waals surface area contributed by atoms with Crippen LogP contribution in [-0.2, 0) is 11.3 Å². The molecular formula is C16H21Cl2F2IN4O2. The van der Waals surface area contributed by atoms with Crippen molar-refractivity contribution in [3.8, 4) is 5.75 Å². The standard InChI is InChI=1S/C16H20Cl2F2N4O2.HI/c1-21-16(23-5-4-22-14(25)9-2-3-9)24-8-10-6-11(17)7-12(18)13(10)26-15(19)20;/h6-7,9,15H,2-5,8H2,1H3,(H,22,25)(H2,21,23,24);1H. The second-order valence-corrected chi connectivity index (χ2v) is 6.52. The molecule has 11 heteroatoms. The van der Waals surface area contributed by atoms with Gasteiger partial charge in [-0.3, -0.25) is 9.79 Å². The molecular weight excluding hydrogens is 516 g/mol. The van der Waals surface area contributed by atoms with E-state index < -0.39 is 6.61 Å². The van der Waals surface area contributed by atoms with E-state index in [0.717, 1.165) is 12.8 Å². The number of aliphatic imine (C=N–C) groups is 1. The van der Waals surface area contributed by atoms with E-state index in [-0.39, 0.29) is 53.1 Å². The maximum Gasteiger partial charge on any atom is 0.387 e. The summed E-state index contributed by atoms with van der Waals surface area (Å²) in [5, 5.41) is 9.10. The summed E-state index contributed by atoms with van der Waals surface area (Å²) in [4.78, 5) is 15.6. The summed E-state index contributed by atoms with van der Waals surface area (Å²) in [7, 11) is 1.57. The molecule has 0 aromatic heterocycles. The zero-order valence-corrected chi connectivity index (χ0v) is 18.4. The van der Waals surface area contributed by atoms with Crippen LogP contribution in [0.25, 0.3) is 0 Å². The maximum absolute atomic E-state index is 12.6. The first-order chi connectivity index (χ1) is 12.4. The average Bonchev–Trinajstić information content (AvgIpc) is 3.41. The van der Waals surface area contributed by atoms with Gasteiger partial charge in [0.05, 0.1) is 5.02 Å². The summed E-state index contributed by atoms with van der Waals surface area (Å²) in [6, 6.07) is 2.82. The van der Waals surface area contributed by atoms with Crippen LogP contribution in [0, 0.1) is 5.92 Å². The van der Waals surface area contributed by atoms with E-state index in [4.69, 9.17) is 23.2 Å². The van der Waals surface area contributed by atoms with E-state index in [1.807, 2.05) is 0 Å². The highest BCUT2D eigenvalue weighted by Gasteiger charge is 2.28. The average molecular weight is 537 g/mol. The smallest absolute Gasteiger partial charge is 0.387 e. The number of carbonyl (C=O) groups excluding carboxylic acids is 1. The molecule has 0 bridgehead atoms. The van der Waals surface area contributed by atoms with Gasteiger partial charge in [-0.15, -0.1) is 24.0 Å². The molecule has 1 fully saturated rings. The molecule has 1 saturated carbocycles. The van der Waals surface area contributed by atoms with Gasteiger partial charge in [-0.05, 0) is 25.0 Å². The van der Waals surface area contributed by atoms with Crippen molar-refractivity contribution in [3.63, 3.8) is 0 Å². The molecule has 0 radical (unpaired) electrons. The highest BCUT2D eigenvalue weighted by atomic mass is 127. The molecule has 0 heterocycles. The molecule has 27 heavy (non-hydrogen) atoms. The lowest BCUT2D eigenvalue weighted by molar-refractivity contribution is -0.122. The molecule has 152 valence electrons. The number of alkyl halides is 2. The third-order valence-electron chi connectivity index (χ3n) is 3.63. The number of nitrogens with one attached hydrogen (secondary N) is 3. The Bertz CT molecular complexity index is 676. The Morgan fingerprint density at radius 2 is 1.93 bits per heavy atom. The number of hydrogen-bond acceptors (Lipinski definition) is 3. The van der Waals surface area contributed by atoms with Gasteiger partial charge in [0.1, 0.15) is 5.75 Å². The van der Waals surface area contributed by atoms with Crippen molar-refractivity contribution >= 4 is 59.0 Å². The molecule has 1 aromatic carbocycles. The van der Waals surface area contributed by atoms with Gasteiger partial charge in [0.2, 0.25) is 5.91 Å². The van der Waals surface area contributed by atoms with Crippen molar-refractivity contribution in [1.82, 2.24) is 16.0 Å². The Balaban J connectivity index is 0.00000364. The predicted octanol–water partition coefficient (Wildman–Crippen LogP) is 3.40. The number of carbonyl (C=O) groups is 1. The van der Waals surface area contributed by atoms with Gasteiger partial charge in [-0.25, -0.2) is 0 Å². The molecule has 1 aliphatic carbocycles. The van der Waals surface area contributed by atoms with E-state index in [0.29, 0.717) is 29.6 Å². The van der Waals surface area contributed by atoms with Gasteiger partial charge in [0.15, 0.2) is 5.96 Å². The van der Waals surface area contributed by atoms with Gasteiger partial charge < -0.3 is 20.7 Å². The van der Waals surface area contributed by atoms with Crippen LogP contribution < -0.4 is 20.7 Å². The zero-order chi connectivity index (χ0) is 19.1. The second-order valence-electron chi connectivity index (χ2n) is 5.67. The Morgan fingerprint density at radius 3 is 2.52 bits per heavy atom. The molecule has 0 unspecified atom stereocenters. The first-order valence-electron chi connectivity index (χ1n) is 8.05. The second kappa shape index (κ2) is 11.7. The third kappa shape index (κ3) is 8.22. The molecule has 2 rings (SSSR count). The Labute approximate surface area is 183 Å². The topological polar surface area (TPSA) is 74.8 Å². The SMILES string of the molecule is CN=C(NCCNC(=O)C1CC1)NCc1cc(Cl)cc(Cl)c1OC(F)F.I. The van der Waals surface area contributed by atoms with Gasteiger partial charge in [-0.1, -0.05) is 23.2 Å². The van der Waals surface area contributed by atoms with Crippen molar-refractivity contribution in [2.45, 2.75) is 26.0 Å². The lowest BCUT2D eigenvalue weighted by Gasteiger charge is -2.16. The first-order valence-corrected chi connectivity index (χ1v) is 8.81. The van der Waals surface area contributed by atoms with Crippen LogP contribution in [0.3, 0.4) is 0 Å². The van der Waals surface area contributed by atoms with E-state index in [2.05, 4.69) is 25.7 Å². The highest BCUT2D eigenvalue weighted by molar-refractivity contribution is 14.0. The van der Waals surface area contributed by atoms with Gasteiger partial charge in [0.25, 0.3) is 0 Å². The Morgan fingerprint density at radius 1 is 1.26 bits per heavy atom. The first kappa shape index (κ1) is 24.0. The molecule has 6 nitrogen and oxygen atoms in total. The quantitative estimate of drug-likeness (QED) is 0.206. The van der Waals surface area contributed by atoms with Crippen LogP contribution in [0.2, 0.25) is 10.0 Å². The minimum Gasteiger partial charge on any atom is -0.433 e. The molecule has 0 aliphatic heterocycles. The van der Waals surface area contributed by atoms with Crippen molar-refractivity contribution < 1.29 is 18.3 Å². The number of halogens is 5. The van der Waals surface area contributed by atoms with Crippen LogP contribution in [0.1, 0.15) is 18.4 Å². The lowest BCUT2D eigenvalue weighted by atomic mass is 10.2. The summed E-state index contributed by atoms with van der Waals surface area (Å²) in [6.07, 6.45) is 1.90. The summed E-state index contributed by atoms with van der Waals surface area (Å²) >= 11 is 11.9. The van der Waals surface area contributed by atoms with E-state index >= 15 is 0 Å². The van der Waals surface area contributed by atoms with Crippen molar-refractivity contribution in [2.75, 3.05) is 20.1 Å². The van der Waals surface area contributed by atoms with Gasteiger partial charge in [-0.2, -0.15) is 8.78 Å². The molecule has 1 aromatic rings. The maximum atomic E-state index is 12.6. The monoisotopic (exact) mass is 536 g/mol. The highest BCUT2D eigenvalue weighted by Crippen LogP contribution is 2.33. The summed E-state index contributed by atoms with van der Waals surface area (Å²) < 4.78 is 29.6. The fraction of sp³-hybridized carbons (Fsp3) is 0.500. The number of amides is 1. The number of rotatable bonds is 8. The molecule has 0 spiro atoms. The number of ether oxygens (including phenoxy) is 1. The Kier molecular flexibility index (Phi) is 10.4. The minimum atomic E-state index is -3.00.